The van der Waals surface area contributed by atoms with E-state index in [9.17, 15) is 9.90 Å². The number of carbonyl (C=O) groups excluding carboxylic acids is 1. The molecule has 2 aliphatic heterocycles. The molecule has 8 heteroatoms. The van der Waals surface area contributed by atoms with Gasteiger partial charge >= 0.3 is 0 Å². The number of aromatic nitrogens is 3. The van der Waals surface area contributed by atoms with Crippen molar-refractivity contribution < 1.29 is 9.90 Å². The number of aliphatic hydroxyl groups is 1. The van der Waals surface area contributed by atoms with E-state index in [1.165, 1.54) is 0 Å². The highest BCUT2D eigenvalue weighted by Crippen LogP contribution is 2.35. The van der Waals surface area contributed by atoms with Crippen molar-refractivity contribution in [3.8, 4) is 11.3 Å². The van der Waals surface area contributed by atoms with Gasteiger partial charge in [0.05, 0.1) is 40.6 Å². The van der Waals surface area contributed by atoms with E-state index in [0.717, 1.165) is 65.3 Å². The quantitative estimate of drug-likeness (QED) is 0.418. The van der Waals surface area contributed by atoms with Gasteiger partial charge in [-0.15, -0.1) is 0 Å². The SMILES string of the molecule is Cc1ccn2c(-c3ccc(Nc4ccc(N5CCC(C)(O)CC5)cn4)c4c3CNC4=O)cnc2c1. The van der Waals surface area contributed by atoms with Crippen molar-refractivity contribution in [2.24, 2.45) is 0 Å². The number of anilines is 3. The van der Waals surface area contributed by atoms with E-state index in [2.05, 4.69) is 36.0 Å². The Morgan fingerprint density at radius 1 is 1.09 bits per heavy atom. The summed E-state index contributed by atoms with van der Waals surface area (Å²) in [4.78, 5) is 24.2. The van der Waals surface area contributed by atoms with Gasteiger partial charge in [-0.1, -0.05) is 6.07 Å². The van der Waals surface area contributed by atoms with Crippen LogP contribution < -0.4 is 15.5 Å². The first-order valence-corrected chi connectivity index (χ1v) is 12.0. The molecule has 0 saturated carbocycles. The second-order valence-corrected chi connectivity index (χ2v) is 9.78. The molecule has 3 aromatic heterocycles. The van der Waals surface area contributed by atoms with Crippen molar-refractivity contribution in [3.63, 3.8) is 0 Å². The number of aryl methyl sites for hydroxylation is 1. The molecule has 1 aromatic carbocycles. The molecule has 35 heavy (non-hydrogen) atoms. The summed E-state index contributed by atoms with van der Waals surface area (Å²) < 4.78 is 2.05. The van der Waals surface area contributed by atoms with Crippen molar-refractivity contribution >= 4 is 28.7 Å². The minimum absolute atomic E-state index is 0.0917. The molecule has 8 nitrogen and oxygen atoms in total. The number of rotatable bonds is 4. The maximum Gasteiger partial charge on any atom is 0.254 e. The van der Waals surface area contributed by atoms with Crippen LogP contribution in [0.3, 0.4) is 0 Å². The maximum atomic E-state index is 12.8. The Morgan fingerprint density at radius 3 is 2.69 bits per heavy atom. The highest BCUT2D eigenvalue weighted by Gasteiger charge is 2.28. The van der Waals surface area contributed by atoms with E-state index < -0.39 is 5.60 Å². The van der Waals surface area contributed by atoms with Crippen LogP contribution >= 0.6 is 0 Å². The monoisotopic (exact) mass is 468 g/mol. The molecule has 1 amide bonds. The van der Waals surface area contributed by atoms with E-state index in [4.69, 9.17) is 0 Å². The van der Waals surface area contributed by atoms with Gasteiger partial charge in [0.25, 0.3) is 5.91 Å². The zero-order chi connectivity index (χ0) is 24.2. The average Bonchev–Trinajstić information content (AvgIpc) is 3.44. The molecular formula is C27H28N6O2. The summed E-state index contributed by atoms with van der Waals surface area (Å²) in [6, 6.07) is 12.0. The Hall–Kier alpha value is -3.91. The minimum Gasteiger partial charge on any atom is -0.390 e. The lowest BCUT2D eigenvalue weighted by Gasteiger charge is -2.37. The maximum absolute atomic E-state index is 12.8. The van der Waals surface area contributed by atoms with Gasteiger partial charge in [-0.3, -0.25) is 9.20 Å². The van der Waals surface area contributed by atoms with Gasteiger partial charge in [-0.2, -0.15) is 0 Å². The predicted octanol–water partition coefficient (Wildman–Crippen LogP) is 4.04. The van der Waals surface area contributed by atoms with E-state index in [1.54, 1.807) is 0 Å². The van der Waals surface area contributed by atoms with Gasteiger partial charge in [0.2, 0.25) is 0 Å². The highest BCUT2D eigenvalue weighted by molar-refractivity contribution is 6.06. The molecule has 4 aromatic rings. The van der Waals surface area contributed by atoms with Crippen LogP contribution in [0.25, 0.3) is 16.9 Å². The fourth-order valence-corrected chi connectivity index (χ4v) is 5.01. The van der Waals surface area contributed by atoms with Crippen molar-refractivity contribution in [1.29, 1.82) is 0 Å². The molecule has 0 unspecified atom stereocenters. The van der Waals surface area contributed by atoms with Crippen molar-refractivity contribution in [2.45, 2.75) is 38.8 Å². The van der Waals surface area contributed by atoms with Crippen LogP contribution in [0.15, 0.2) is 55.0 Å². The number of nitrogens with zero attached hydrogens (tertiary/aromatic N) is 4. The fourth-order valence-electron chi connectivity index (χ4n) is 5.01. The number of imidazole rings is 1. The number of benzene rings is 1. The van der Waals surface area contributed by atoms with Gasteiger partial charge in [0.15, 0.2) is 0 Å². The summed E-state index contributed by atoms with van der Waals surface area (Å²) in [5.41, 5.74) is 6.78. The van der Waals surface area contributed by atoms with Gasteiger partial charge in [0, 0.05) is 31.4 Å². The number of fused-ring (bicyclic) bond motifs is 2. The molecule has 6 rings (SSSR count). The number of nitrogens with one attached hydrogen (secondary N) is 2. The van der Waals surface area contributed by atoms with Crippen molar-refractivity contribution in [1.82, 2.24) is 19.7 Å². The third kappa shape index (κ3) is 3.89. The number of amides is 1. The number of hydrogen-bond acceptors (Lipinski definition) is 6. The van der Waals surface area contributed by atoms with Crippen LogP contribution in [0.2, 0.25) is 0 Å². The molecule has 3 N–H and O–H groups in total. The number of piperidine rings is 1. The van der Waals surface area contributed by atoms with E-state index in [-0.39, 0.29) is 5.91 Å². The minimum atomic E-state index is -0.583. The Morgan fingerprint density at radius 2 is 1.91 bits per heavy atom. The van der Waals surface area contributed by atoms with Gasteiger partial charge < -0.3 is 20.6 Å². The Bertz CT molecular complexity index is 1430. The first kappa shape index (κ1) is 21.6. The van der Waals surface area contributed by atoms with Crippen LogP contribution in [0.4, 0.5) is 17.2 Å². The molecule has 1 saturated heterocycles. The average molecular weight is 469 g/mol. The molecular weight excluding hydrogens is 440 g/mol. The summed E-state index contributed by atoms with van der Waals surface area (Å²) in [6.07, 6.45) is 7.21. The second-order valence-electron chi connectivity index (χ2n) is 9.78. The molecule has 5 heterocycles. The number of pyridine rings is 2. The first-order valence-electron chi connectivity index (χ1n) is 12.0. The summed E-state index contributed by atoms with van der Waals surface area (Å²) in [7, 11) is 0. The Balaban J connectivity index is 1.29. The normalized spacial score (nSPS) is 16.9. The lowest BCUT2D eigenvalue weighted by atomic mass is 9.94. The lowest BCUT2D eigenvalue weighted by molar-refractivity contribution is 0.0351. The topological polar surface area (TPSA) is 94.8 Å². The standard InChI is InChI=1S/C27H28N6O2/c1-17-7-10-33-22(16-29-24(33)13-17)19-4-5-21(25-20(19)15-30-26(25)34)31-23-6-3-18(14-28-23)32-11-8-27(2,35)9-12-32/h3-7,10,13-14,16,35H,8-9,11-12,15H2,1-2H3,(H,28,31)(H,30,34). The fraction of sp³-hybridized carbons (Fsp3) is 0.296. The van der Waals surface area contributed by atoms with Gasteiger partial charge in [-0.25, -0.2) is 9.97 Å². The van der Waals surface area contributed by atoms with Crippen LogP contribution in [0.1, 0.15) is 41.3 Å². The van der Waals surface area contributed by atoms with Gasteiger partial charge in [0.1, 0.15) is 11.5 Å². The van der Waals surface area contributed by atoms with E-state index in [0.29, 0.717) is 17.9 Å². The van der Waals surface area contributed by atoms with Gasteiger partial charge in [-0.05, 0) is 68.1 Å². The smallest absolute Gasteiger partial charge is 0.254 e. The molecule has 0 radical (unpaired) electrons. The predicted molar refractivity (Wildman–Crippen MR) is 136 cm³/mol. The summed E-state index contributed by atoms with van der Waals surface area (Å²) in [5.74, 6) is 0.587. The molecule has 2 aliphatic rings. The Kier molecular flexibility index (Phi) is 5.00. The largest absolute Gasteiger partial charge is 0.390 e. The Labute approximate surface area is 203 Å². The van der Waals surface area contributed by atoms with Crippen molar-refractivity contribution in [2.75, 3.05) is 23.3 Å². The summed E-state index contributed by atoms with van der Waals surface area (Å²) in [5, 5.41) is 16.5. The highest BCUT2D eigenvalue weighted by atomic mass is 16.3. The molecule has 0 atom stereocenters. The molecule has 0 spiro atoms. The van der Waals surface area contributed by atoms with Crippen LogP contribution in [-0.2, 0) is 6.54 Å². The zero-order valence-electron chi connectivity index (χ0n) is 19.9. The third-order valence-electron chi connectivity index (χ3n) is 7.13. The first-order chi connectivity index (χ1) is 16.9. The number of hydrogen-bond donors (Lipinski definition) is 3. The number of carbonyl (C=O) groups is 1. The van der Waals surface area contributed by atoms with E-state index in [1.807, 2.05) is 62.8 Å². The van der Waals surface area contributed by atoms with Crippen LogP contribution in [0, 0.1) is 6.92 Å². The van der Waals surface area contributed by atoms with Crippen LogP contribution in [-0.4, -0.2) is 44.1 Å². The summed E-state index contributed by atoms with van der Waals surface area (Å²) in [6.45, 7) is 6.03. The third-order valence-corrected chi connectivity index (χ3v) is 7.13. The molecule has 0 aliphatic carbocycles. The summed E-state index contributed by atoms with van der Waals surface area (Å²) >= 11 is 0. The van der Waals surface area contributed by atoms with Crippen molar-refractivity contribution in [3.05, 3.63) is 71.7 Å². The molecule has 178 valence electrons. The second kappa shape index (κ2) is 8.09. The van der Waals surface area contributed by atoms with E-state index >= 15 is 0 Å². The lowest BCUT2D eigenvalue weighted by Crippen LogP contribution is -2.42. The van der Waals surface area contributed by atoms with Crippen LogP contribution in [0.5, 0.6) is 0 Å². The molecule has 0 bridgehead atoms. The molecule has 1 fully saturated rings. The zero-order valence-corrected chi connectivity index (χ0v) is 19.9.